The summed E-state index contributed by atoms with van der Waals surface area (Å²) in [4.78, 5) is 0. The molecular formula is C24H42O2. The van der Waals surface area contributed by atoms with Crippen LogP contribution in [0.5, 0.6) is 0 Å². The van der Waals surface area contributed by atoms with Crippen molar-refractivity contribution in [1.29, 1.82) is 0 Å². The third kappa shape index (κ3) is 2.72. The van der Waals surface area contributed by atoms with Gasteiger partial charge >= 0.3 is 0 Å². The fourth-order valence-electron chi connectivity index (χ4n) is 8.67. The minimum atomic E-state index is -0.425. The first-order valence-electron chi connectivity index (χ1n) is 11.5. The Balaban J connectivity index is 1.58. The fourth-order valence-corrected chi connectivity index (χ4v) is 8.67. The van der Waals surface area contributed by atoms with Crippen molar-refractivity contribution >= 4 is 0 Å². The molecule has 0 saturated heterocycles. The SMILES string of the molecule is CC(O)[C@@H](C)[C@H]1CC[C@H]2[C@@H]3CC[C@H]4C[C@@](C)(O)CC[C@]4(C)[C@H]3CC[C@]12C. The average molecular weight is 363 g/mol. The first kappa shape index (κ1) is 19.2. The molecule has 0 amide bonds. The average Bonchev–Trinajstić information content (AvgIpc) is 2.91. The lowest BCUT2D eigenvalue weighted by Gasteiger charge is -2.62. The molecule has 0 aliphatic heterocycles. The van der Waals surface area contributed by atoms with Crippen LogP contribution in [-0.4, -0.2) is 21.9 Å². The number of hydrogen-bond acceptors (Lipinski definition) is 2. The molecule has 1 unspecified atom stereocenters. The van der Waals surface area contributed by atoms with Gasteiger partial charge < -0.3 is 10.2 Å². The molecule has 150 valence electrons. The summed E-state index contributed by atoms with van der Waals surface area (Å²) in [6.45, 7) is 11.5. The molecule has 0 heterocycles. The van der Waals surface area contributed by atoms with Crippen molar-refractivity contribution in [2.75, 3.05) is 0 Å². The molecule has 0 spiro atoms. The van der Waals surface area contributed by atoms with Gasteiger partial charge in [-0.15, -0.1) is 0 Å². The number of aliphatic hydroxyl groups is 2. The molecular weight excluding hydrogens is 320 g/mol. The summed E-state index contributed by atoms with van der Waals surface area (Å²) >= 11 is 0. The van der Waals surface area contributed by atoms with Crippen LogP contribution < -0.4 is 0 Å². The van der Waals surface area contributed by atoms with E-state index in [0.717, 1.165) is 36.5 Å². The number of aliphatic hydroxyl groups excluding tert-OH is 1. The lowest BCUT2D eigenvalue weighted by Crippen LogP contribution is -2.55. The summed E-state index contributed by atoms with van der Waals surface area (Å²) in [6, 6.07) is 0. The molecule has 10 atom stereocenters. The second-order valence-corrected chi connectivity index (χ2v) is 11.7. The Kier molecular flexibility index (Phi) is 4.60. The van der Waals surface area contributed by atoms with E-state index in [0.29, 0.717) is 22.7 Å². The van der Waals surface area contributed by atoms with Gasteiger partial charge in [0.2, 0.25) is 0 Å². The minimum Gasteiger partial charge on any atom is -0.393 e. The number of fused-ring (bicyclic) bond motifs is 5. The fraction of sp³-hybridized carbons (Fsp3) is 1.00. The van der Waals surface area contributed by atoms with E-state index >= 15 is 0 Å². The van der Waals surface area contributed by atoms with E-state index in [1.54, 1.807) is 0 Å². The Hall–Kier alpha value is -0.0800. The minimum absolute atomic E-state index is 0.179. The lowest BCUT2D eigenvalue weighted by atomic mass is 9.43. The van der Waals surface area contributed by atoms with Crippen LogP contribution in [0.15, 0.2) is 0 Å². The van der Waals surface area contributed by atoms with Gasteiger partial charge in [0.15, 0.2) is 0 Å². The van der Waals surface area contributed by atoms with Gasteiger partial charge in [-0.1, -0.05) is 20.8 Å². The quantitative estimate of drug-likeness (QED) is 0.689. The van der Waals surface area contributed by atoms with Crippen LogP contribution in [0.1, 0.15) is 92.4 Å². The summed E-state index contributed by atoms with van der Waals surface area (Å²) in [5.41, 5.74) is 0.479. The third-order valence-corrected chi connectivity index (χ3v) is 10.4. The van der Waals surface area contributed by atoms with Crippen LogP contribution in [0, 0.1) is 46.3 Å². The Morgan fingerprint density at radius 2 is 1.50 bits per heavy atom. The molecule has 4 saturated carbocycles. The van der Waals surface area contributed by atoms with E-state index in [1.165, 1.54) is 44.9 Å². The van der Waals surface area contributed by atoms with E-state index in [1.807, 2.05) is 6.92 Å². The summed E-state index contributed by atoms with van der Waals surface area (Å²) in [6.07, 6.45) is 11.2. The summed E-state index contributed by atoms with van der Waals surface area (Å²) in [7, 11) is 0. The summed E-state index contributed by atoms with van der Waals surface area (Å²) in [5.74, 6) is 4.49. The monoisotopic (exact) mass is 362 g/mol. The molecule has 0 aromatic carbocycles. The van der Waals surface area contributed by atoms with Crippen LogP contribution in [0.4, 0.5) is 0 Å². The number of hydrogen-bond donors (Lipinski definition) is 2. The first-order chi connectivity index (χ1) is 12.1. The molecule has 4 aliphatic carbocycles. The highest BCUT2D eigenvalue weighted by molar-refractivity contribution is 5.10. The Morgan fingerprint density at radius 1 is 0.808 bits per heavy atom. The maximum atomic E-state index is 10.6. The van der Waals surface area contributed by atoms with Crippen LogP contribution in [0.3, 0.4) is 0 Å². The predicted molar refractivity (Wildman–Crippen MR) is 107 cm³/mol. The molecule has 0 aromatic rings. The zero-order chi connectivity index (χ0) is 18.9. The molecule has 4 aliphatic rings. The van der Waals surface area contributed by atoms with Gasteiger partial charge in [0, 0.05) is 0 Å². The second-order valence-electron chi connectivity index (χ2n) is 11.7. The molecule has 0 aromatic heterocycles. The van der Waals surface area contributed by atoms with E-state index in [9.17, 15) is 10.2 Å². The Morgan fingerprint density at radius 3 is 2.19 bits per heavy atom. The van der Waals surface area contributed by atoms with Crippen LogP contribution in [-0.2, 0) is 0 Å². The maximum Gasteiger partial charge on any atom is 0.0622 e. The van der Waals surface area contributed by atoms with Gasteiger partial charge in [-0.05, 0) is 118 Å². The van der Waals surface area contributed by atoms with Crippen molar-refractivity contribution < 1.29 is 10.2 Å². The largest absolute Gasteiger partial charge is 0.393 e. The van der Waals surface area contributed by atoms with Gasteiger partial charge in [-0.3, -0.25) is 0 Å². The van der Waals surface area contributed by atoms with Crippen molar-refractivity contribution in [1.82, 2.24) is 0 Å². The third-order valence-electron chi connectivity index (χ3n) is 10.4. The van der Waals surface area contributed by atoms with Crippen LogP contribution in [0.2, 0.25) is 0 Å². The molecule has 2 nitrogen and oxygen atoms in total. The van der Waals surface area contributed by atoms with E-state index < -0.39 is 5.60 Å². The van der Waals surface area contributed by atoms with Crippen molar-refractivity contribution in [3.05, 3.63) is 0 Å². The first-order valence-corrected chi connectivity index (χ1v) is 11.5. The van der Waals surface area contributed by atoms with Gasteiger partial charge in [0.05, 0.1) is 11.7 Å². The summed E-state index contributed by atoms with van der Waals surface area (Å²) < 4.78 is 0. The predicted octanol–water partition coefficient (Wildman–Crippen LogP) is 5.41. The highest BCUT2D eigenvalue weighted by Gasteiger charge is 2.61. The van der Waals surface area contributed by atoms with Crippen molar-refractivity contribution in [2.45, 2.75) is 104 Å². The Bertz CT molecular complexity index is 540. The van der Waals surface area contributed by atoms with Crippen LogP contribution in [0.25, 0.3) is 0 Å². The molecule has 0 radical (unpaired) electrons. The maximum absolute atomic E-state index is 10.6. The topological polar surface area (TPSA) is 40.5 Å². The molecule has 4 rings (SSSR count). The van der Waals surface area contributed by atoms with Crippen LogP contribution >= 0.6 is 0 Å². The molecule has 2 N–H and O–H groups in total. The normalized spacial score (nSPS) is 56.2. The molecule has 26 heavy (non-hydrogen) atoms. The van der Waals surface area contributed by atoms with Gasteiger partial charge in [0.25, 0.3) is 0 Å². The second kappa shape index (κ2) is 6.21. The van der Waals surface area contributed by atoms with Crippen molar-refractivity contribution in [2.24, 2.45) is 46.3 Å². The highest BCUT2D eigenvalue weighted by Crippen LogP contribution is 2.68. The zero-order valence-corrected chi connectivity index (χ0v) is 17.8. The van der Waals surface area contributed by atoms with Gasteiger partial charge in [0.1, 0.15) is 0 Å². The molecule has 4 fully saturated rings. The van der Waals surface area contributed by atoms with Crippen molar-refractivity contribution in [3.63, 3.8) is 0 Å². The Labute approximate surface area is 161 Å². The zero-order valence-electron chi connectivity index (χ0n) is 17.8. The van der Waals surface area contributed by atoms with E-state index in [2.05, 4.69) is 27.7 Å². The molecule has 0 bridgehead atoms. The number of rotatable bonds is 2. The van der Waals surface area contributed by atoms with Gasteiger partial charge in [-0.2, -0.15) is 0 Å². The van der Waals surface area contributed by atoms with Crippen molar-refractivity contribution in [3.8, 4) is 0 Å². The summed E-state index contributed by atoms with van der Waals surface area (Å²) in [5, 5.41) is 20.9. The standard InChI is InChI=1S/C24H42O2/c1-15(16(2)25)19-8-9-20-18-7-6-17-14-22(3,26)12-13-23(17,4)21(18)10-11-24(19,20)5/h15-21,25-26H,6-14H2,1-5H3/t15-,16?,17+,18+,19-,20+,21+,22+,23+,24-/m1/s1. The van der Waals surface area contributed by atoms with Gasteiger partial charge in [-0.25, -0.2) is 0 Å². The smallest absolute Gasteiger partial charge is 0.0622 e. The highest BCUT2D eigenvalue weighted by atomic mass is 16.3. The van der Waals surface area contributed by atoms with E-state index in [-0.39, 0.29) is 6.10 Å². The van der Waals surface area contributed by atoms with E-state index in [4.69, 9.17) is 0 Å². The lowest BCUT2D eigenvalue weighted by molar-refractivity contribution is -0.149. The molecule has 2 heteroatoms.